The van der Waals surface area contributed by atoms with Crippen LogP contribution in [0.4, 0.5) is 5.69 Å². The van der Waals surface area contributed by atoms with Gasteiger partial charge in [-0.2, -0.15) is 0 Å². The van der Waals surface area contributed by atoms with Gasteiger partial charge in [-0.05, 0) is 37.5 Å². The number of rotatable bonds is 3. The summed E-state index contributed by atoms with van der Waals surface area (Å²) < 4.78 is 0. The number of amides is 2. The molecule has 23 heavy (non-hydrogen) atoms. The Hall–Kier alpha value is -1.30. The van der Waals surface area contributed by atoms with E-state index in [2.05, 4.69) is 5.32 Å². The van der Waals surface area contributed by atoms with Gasteiger partial charge in [-0.3, -0.25) is 9.59 Å². The molecule has 2 unspecified atom stereocenters. The Morgan fingerprint density at radius 3 is 2.61 bits per heavy atom. The van der Waals surface area contributed by atoms with Crippen LogP contribution in [0.25, 0.3) is 0 Å². The highest BCUT2D eigenvalue weighted by Gasteiger charge is 2.25. The SMILES string of the molecule is CN(C)C(=O)c1cc(NC(=O)C2CCCC(N)C2)ccc1Cl.Cl. The van der Waals surface area contributed by atoms with Crippen LogP contribution in [-0.4, -0.2) is 36.9 Å². The minimum absolute atomic E-state index is 0. The van der Waals surface area contributed by atoms with Crippen LogP contribution >= 0.6 is 24.0 Å². The fourth-order valence-electron chi connectivity index (χ4n) is 2.72. The van der Waals surface area contributed by atoms with E-state index in [1.54, 1.807) is 32.3 Å². The average Bonchev–Trinajstić information content (AvgIpc) is 2.48. The van der Waals surface area contributed by atoms with Crippen molar-refractivity contribution in [3.05, 3.63) is 28.8 Å². The summed E-state index contributed by atoms with van der Waals surface area (Å²) in [6.45, 7) is 0. The molecule has 0 aromatic heterocycles. The van der Waals surface area contributed by atoms with Crippen molar-refractivity contribution in [1.29, 1.82) is 0 Å². The summed E-state index contributed by atoms with van der Waals surface area (Å²) in [5.41, 5.74) is 6.89. The Morgan fingerprint density at radius 2 is 2.00 bits per heavy atom. The van der Waals surface area contributed by atoms with Gasteiger partial charge in [0.15, 0.2) is 0 Å². The molecule has 0 saturated heterocycles. The fourth-order valence-corrected chi connectivity index (χ4v) is 2.92. The van der Waals surface area contributed by atoms with Crippen LogP contribution in [0.15, 0.2) is 18.2 Å². The Bertz CT molecular complexity index is 578. The van der Waals surface area contributed by atoms with Gasteiger partial charge in [0.2, 0.25) is 5.91 Å². The molecule has 3 N–H and O–H groups in total. The molecule has 0 aliphatic heterocycles. The Morgan fingerprint density at radius 1 is 1.30 bits per heavy atom. The molecule has 0 radical (unpaired) electrons. The van der Waals surface area contributed by atoms with Crippen LogP contribution < -0.4 is 11.1 Å². The molecule has 0 spiro atoms. The number of benzene rings is 1. The summed E-state index contributed by atoms with van der Waals surface area (Å²) in [6.07, 6.45) is 3.52. The zero-order valence-electron chi connectivity index (χ0n) is 13.3. The molecule has 0 bridgehead atoms. The van der Waals surface area contributed by atoms with Crippen molar-refractivity contribution in [2.75, 3.05) is 19.4 Å². The Labute approximate surface area is 148 Å². The lowest BCUT2D eigenvalue weighted by atomic mass is 9.85. The van der Waals surface area contributed by atoms with Gasteiger partial charge in [0.1, 0.15) is 0 Å². The maximum Gasteiger partial charge on any atom is 0.254 e. The van der Waals surface area contributed by atoms with E-state index in [1.165, 1.54) is 4.90 Å². The van der Waals surface area contributed by atoms with E-state index in [0.717, 1.165) is 19.3 Å². The third-order valence-electron chi connectivity index (χ3n) is 3.96. The quantitative estimate of drug-likeness (QED) is 0.870. The van der Waals surface area contributed by atoms with Crippen molar-refractivity contribution in [3.8, 4) is 0 Å². The minimum Gasteiger partial charge on any atom is -0.345 e. The predicted molar refractivity (Wildman–Crippen MR) is 95.3 cm³/mol. The van der Waals surface area contributed by atoms with Crippen LogP contribution in [0.3, 0.4) is 0 Å². The van der Waals surface area contributed by atoms with Gasteiger partial charge >= 0.3 is 0 Å². The third kappa shape index (κ3) is 5.09. The zero-order valence-corrected chi connectivity index (χ0v) is 14.9. The maximum absolute atomic E-state index is 12.3. The van der Waals surface area contributed by atoms with Crippen molar-refractivity contribution in [3.63, 3.8) is 0 Å². The molecule has 2 rings (SSSR count). The molecule has 1 aromatic rings. The van der Waals surface area contributed by atoms with Gasteiger partial charge in [-0.1, -0.05) is 18.0 Å². The van der Waals surface area contributed by atoms with Gasteiger partial charge in [-0.15, -0.1) is 12.4 Å². The first kappa shape index (κ1) is 19.7. The van der Waals surface area contributed by atoms with Crippen molar-refractivity contribution < 1.29 is 9.59 Å². The first-order chi connectivity index (χ1) is 10.4. The van der Waals surface area contributed by atoms with Crippen LogP contribution in [0.5, 0.6) is 0 Å². The van der Waals surface area contributed by atoms with E-state index in [9.17, 15) is 9.59 Å². The second-order valence-electron chi connectivity index (χ2n) is 6.01. The molecule has 1 aliphatic rings. The Balaban J connectivity index is 0.00000264. The molecule has 1 aromatic carbocycles. The first-order valence-electron chi connectivity index (χ1n) is 7.46. The van der Waals surface area contributed by atoms with Crippen LogP contribution in [0.1, 0.15) is 36.0 Å². The predicted octanol–water partition coefficient (Wildman–Crippen LogP) is 2.92. The summed E-state index contributed by atoms with van der Waals surface area (Å²) in [4.78, 5) is 25.8. The smallest absolute Gasteiger partial charge is 0.254 e. The number of carbonyl (C=O) groups is 2. The number of halogens is 2. The normalized spacial score (nSPS) is 20.3. The molecule has 2 amide bonds. The molecule has 0 heterocycles. The van der Waals surface area contributed by atoms with Crippen LogP contribution in [0.2, 0.25) is 5.02 Å². The van der Waals surface area contributed by atoms with Crippen molar-refractivity contribution in [2.24, 2.45) is 11.7 Å². The summed E-state index contributed by atoms with van der Waals surface area (Å²) in [5, 5.41) is 3.24. The Kier molecular flexibility index (Phi) is 7.32. The monoisotopic (exact) mass is 359 g/mol. The third-order valence-corrected chi connectivity index (χ3v) is 4.29. The number of nitrogens with two attached hydrogens (primary N) is 1. The zero-order chi connectivity index (χ0) is 16.3. The van der Waals surface area contributed by atoms with Crippen molar-refractivity contribution >= 4 is 41.5 Å². The van der Waals surface area contributed by atoms with Gasteiger partial charge in [0.05, 0.1) is 10.6 Å². The molecular formula is C16H23Cl2N3O2. The van der Waals surface area contributed by atoms with Crippen LogP contribution in [0, 0.1) is 5.92 Å². The molecule has 7 heteroatoms. The summed E-state index contributed by atoms with van der Waals surface area (Å²) >= 11 is 6.06. The standard InChI is InChI=1S/C16H22ClN3O2.ClH/c1-20(2)16(22)13-9-12(6-7-14(13)17)19-15(21)10-4-3-5-11(18)8-10;/h6-7,9-11H,3-5,8,18H2,1-2H3,(H,19,21);1H. The second kappa shape index (κ2) is 8.52. The number of anilines is 1. The van der Waals surface area contributed by atoms with E-state index in [0.29, 0.717) is 22.7 Å². The molecule has 1 saturated carbocycles. The van der Waals surface area contributed by atoms with Gasteiger partial charge < -0.3 is 16.0 Å². The molecule has 1 fully saturated rings. The lowest BCUT2D eigenvalue weighted by molar-refractivity contribution is -0.120. The fraction of sp³-hybridized carbons (Fsp3) is 0.500. The highest BCUT2D eigenvalue weighted by Crippen LogP contribution is 2.26. The van der Waals surface area contributed by atoms with E-state index < -0.39 is 0 Å². The van der Waals surface area contributed by atoms with E-state index in [1.807, 2.05) is 0 Å². The first-order valence-corrected chi connectivity index (χ1v) is 7.84. The van der Waals surface area contributed by atoms with Crippen LogP contribution in [-0.2, 0) is 4.79 Å². The average molecular weight is 360 g/mol. The lowest BCUT2D eigenvalue weighted by Gasteiger charge is -2.25. The van der Waals surface area contributed by atoms with E-state index in [-0.39, 0.29) is 36.2 Å². The number of carbonyl (C=O) groups excluding carboxylic acids is 2. The maximum atomic E-state index is 12.3. The summed E-state index contributed by atoms with van der Waals surface area (Å²) in [7, 11) is 3.32. The van der Waals surface area contributed by atoms with Gasteiger partial charge in [0, 0.05) is 31.7 Å². The number of hydrogen-bond acceptors (Lipinski definition) is 3. The lowest BCUT2D eigenvalue weighted by Crippen LogP contribution is -2.34. The number of nitrogens with one attached hydrogen (secondary N) is 1. The highest BCUT2D eigenvalue weighted by atomic mass is 35.5. The topological polar surface area (TPSA) is 75.4 Å². The molecule has 2 atom stereocenters. The molecular weight excluding hydrogens is 337 g/mol. The van der Waals surface area contributed by atoms with E-state index in [4.69, 9.17) is 17.3 Å². The van der Waals surface area contributed by atoms with Gasteiger partial charge in [0.25, 0.3) is 5.91 Å². The van der Waals surface area contributed by atoms with Crippen molar-refractivity contribution in [2.45, 2.75) is 31.7 Å². The second-order valence-corrected chi connectivity index (χ2v) is 6.41. The molecule has 1 aliphatic carbocycles. The number of hydrogen-bond donors (Lipinski definition) is 2. The highest BCUT2D eigenvalue weighted by molar-refractivity contribution is 6.34. The number of nitrogens with zero attached hydrogens (tertiary/aromatic N) is 1. The molecule has 5 nitrogen and oxygen atoms in total. The summed E-state index contributed by atoms with van der Waals surface area (Å²) in [6, 6.07) is 5.04. The molecule has 128 valence electrons. The largest absolute Gasteiger partial charge is 0.345 e. The minimum atomic E-state index is -0.194. The van der Waals surface area contributed by atoms with Crippen molar-refractivity contribution in [1.82, 2.24) is 4.90 Å². The van der Waals surface area contributed by atoms with Gasteiger partial charge in [-0.25, -0.2) is 0 Å². The van der Waals surface area contributed by atoms with E-state index >= 15 is 0 Å². The summed E-state index contributed by atoms with van der Waals surface area (Å²) in [5.74, 6) is -0.297.